The summed E-state index contributed by atoms with van der Waals surface area (Å²) in [5.74, 6) is -1.82. The highest BCUT2D eigenvalue weighted by atomic mass is 16.5. The van der Waals surface area contributed by atoms with Crippen molar-refractivity contribution in [3.05, 3.63) is 64.9 Å². The van der Waals surface area contributed by atoms with Crippen LogP contribution in [0.3, 0.4) is 0 Å². The Kier molecular flexibility index (Phi) is 6.74. The highest BCUT2D eigenvalue weighted by molar-refractivity contribution is 6.15. The average Bonchev–Trinajstić information content (AvgIpc) is 3.05. The van der Waals surface area contributed by atoms with Crippen LogP contribution < -0.4 is 14.8 Å². The minimum Gasteiger partial charge on any atom is -0.493 e. The van der Waals surface area contributed by atoms with E-state index in [1.807, 2.05) is 0 Å². The molecule has 3 rings (SSSR count). The fourth-order valence-corrected chi connectivity index (χ4v) is 2.98. The number of urea groups is 1. The van der Waals surface area contributed by atoms with Gasteiger partial charge in [-0.3, -0.25) is 9.59 Å². The van der Waals surface area contributed by atoms with Crippen molar-refractivity contribution in [1.29, 1.82) is 0 Å². The standard InChI is InChI=1S/C22H20N2O8/c1-30-17-8-4-6-14(10-16-20(26)24(22(29)23-16)11-18(25)31-2)19(17)32-12-13-5-3-7-15(9-13)21(27)28/h3-10H,11-12H2,1-2H3,(H,23,29)(H,27,28)/b16-10+. The van der Waals surface area contributed by atoms with Gasteiger partial charge in [-0.2, -0.15) is 0 Å². The molecule has 1 saturated heterocycles. The van der Waals surface area contributed by atoms with E-state index in [0.717, 1.165) is 12.0 Å². The lowest BCUT2D eigenvalue weighted by Gasteiger charge is -2.14. The first kappa shape index (κ1) is 22.3. The average molecular weight is 440 g/mol. The van der Waals surface area contributed by atoms with Crippen molar-refractivity contribution in [2.24, 2.45) is 0 Å². The molecule has 3 amide bonds. The van der Waals surface area contributed by atoms with E-state index in [9.17, 15) is 19.2 Å². The molecule has 1 heterocycles. The monoisotopic (exact) mass is 440 g/mol. The van der Waals surface area contributed by atoms with Crippen molar-refractivity contribution in [2.75, 3.05) is 20.8 Å². The lowest BCUT2D eigenvalue weighted by Crippen LogP contribution is -2.36. The number of rotatable bonds is 8. The van der Waals surface area contributed by atoms with Crippen LogP contribution in [0.25, 0.3) is 6.08 Å². The molecule has 0 atom stereocenters. The van der Waals surface area contributed by atoms with Crippen LogP contribution >= 0.6 is 0 Å². The van der Waals surface area contributed by atoms with E-state index in [1.54, 1.807) is 30.3 Å². The third kappa shape index (κ3) is 4.86. The van der Waals surface area contributed by atoms with Gasteiger partial charge in [0.15, 0.2) is 11.5 Å². The predicted molar refractivity (Wildman–Crippen MR) is 111 cm³/mol. The number of ether oxygens (including phenoxy) is 3. The number of benzene rings is 2. The van der Waals surface area contributed by atoms with Gasteiger partial charge in [-0.25, -0.2) is 14.5 Å². The summed E-state index contributed by atoms with van der Waals surface area (Å²) in [5, 5.41) is 11.6. The number of carboxylic acids is 1. The molecule has 10 heteroatoms. The summed E-state index contributed by atoms with van der Waals surface area (Å²) in [5.41, 5.74) is 1.12. The van der Waals surface area contributed by atoms with Crippen LogP contribution in [-0.2, 0) is 20.9 Å². The molecular weight excluding hydrogens is 420 g/mol. The Morgan fingerprint density at radius 2 is 1.88 bits per heavy atom. The smallest absolute Gasteiger partial charge is 0.335 e. The number of carboxylic acid groups (broad SMARTS) is 1. The fourth-order valence-electron chi connectivity index (χ4n) is 2.98. The highest BCUT2D eigenvalue weighted by Gasteiger charge is 2.35. The third-order valence-electron chi connectivity index (χ3n) is 4.56. The summed E-state index contributed by atoms with van der Waals surface area (Å²) in [6, 6.07) is 10.5. The molecule has 0 spiro atoms. The number of nitrogens with one attached hydrogen (secondary N) is 1. The van der Waals surface area contributed by atoms with Crippen LogP contribution in [0.4, 0.5) is 4.79 Å². The number of hydrogen-bond donors (Lipinski definition) is 2. The number of aromatic carboxylic acids is 1. The number of carbonyl (C=O) groups is 4. The first-order chi connectivity index (χ1) is 15.3. The Hall–Kier alpha value is -4.34. The number of imide groups is 1. The molecule has 1 aliphatic rings. The van der Waals surface area contributed by atoms with Crippen molar-refractivity contribution in [2.45, 2.75) is 6.61 Å². The molecule has 166 valence electrons. The van der Waals surface area contributed by atoms with E-state index in [4.69, 9.17) is 14.6 Å². The van der Waals surface area contributed by atoms with Crippen LogP contribution in [0.1, 0.15) is 21.5 Å². The molecule has 0 bridgehead atoms. The molecule has 2 aromatic rings. The number of esters is 1. The summed E-state index contributed by atoms with van der Waals surface area (Å²) >= 11 is 0. The second kappa shape index (κ2) is 9.65. The number of methoxy groups -OCH3 is 2. The number of hydrogen-bond acceptors (Lipinski definition) is 7. The molecule has 0 aliphatic carbocycles. The normalized spacial score (nSPS) is 14.3. The minimum atomic E-state index is -1.05. The van der Waals surface area contributed by atoms with Gasteiger partial charge in [0.25, 0.3) is 5.91 Å². The van der Waals surface area contributed by atoms with Crippen molar-refractivity contribution in [3.8, 4) is 11.5 Å². The van der Waals surface area contributed by atoms with Gasteiger partial charge < -0.3 is 24.6 Å². The summed E-state index contributed by atoms with van der Waals surface area (Å²) in [6.45, 7) is -0.480. The molecule has 1 aliphatic heterocycles. The third-order valence-corrected chi connectivity index (χ3v) is 4.56. The van der Waals surface area contributed by atoms with Crippen molar-refractivity contribution >= 4 is 30.0 Å². The lowest BCUT2D eigenvalue weighted by atomic mass is 10.1. The largest absolute Gasteiger partial charge is 0.493 e. The molecule has 10 nitrogen and oxygen atoms in total. The maximum absolute atomic E-state index is 12.6. The fraction of sp³-hybridized carbons (Fsp3) is 0.182. The molecule has 0 unspecified atom stereocenters. The van der Waals surface area contributed by atoms with Crippen molar-refractivity contribution in [3.63, 3.8) is 0 Å². The molecule has 0 saturated carbocycles. The molecule has 0 aromatic heterocycles. The molecule has 2 aromatic carbocycles. The Balaban J connectivity index is 1.88. The lowest BCUT2D eigenvalue weighted by molar-refractivity contribution is -0.143. The van der Waals surface area contributed by atoms with Crippen LogP contribution in [0.15, 0.2) is 48.2 Å². The van der Waals surface area contributed by atoms with Crippen LogP contribution in [0.5, 0.6) is 11.5 Å². The van der Waals surface area contributed by atoms with Gasteiger partial charge in [-0.15, -0.1) is 0 Å². The zero-order valence-corrected chi connectivity index (χ0v) is 17.3. The summed E-state index contributed by atoms with van der Waals surface area (Å²) in [6.07, 6.45) is 1.41. The molecule has 2 N–H and O–H groups in total. The summed E-state index contributed by atoms with van der Waals surface area (Å²) in [4.78, 5) is 48.0. The molecule has 1 fully saturated rings. The SMILES string of the molecule is COC(=O)CN1C(=O)N/C(=C/c2cccc(OC)c2OCc2cccc(C(=O)O)c2)C1=O. The second-order valence-electron chi connectivity index (χ2n) is 6.63. The summed E-state index contributed by atoms with van der Waals surface area (Å²) < 4.78 is 15.7. The van der Waals surface area contributed by atoms with Crippen LogP contribution in [0, 0.1) is 0 Å². The van der Waals surface area contributed by atoms with E-state index >= 15 is 0 Å². The van der Waals surface area contributed by atoms with Gasteiger partial charge in [0.2, 0.25) is 0 Å². The van der Waals surface area contributed by atoms with Crippen molar-refractivity contribution in [1.82, 2.24) is 10.2 Å². The predicted octanol–water partition coefficient (Wildman–Crippen LogP) is 2.04. The molecule has 32 heavy (non-hydrogen) atoms. The molecular formula is C22H20N2O8. The first-order valence-electron chi connectivity index (χ1n) is 9.37. The maximum atomic E-state index is 12.6. The van der Waals surface area contributed by atoms with E-state index < -0.39 is 30.4 Å². The zero-order valence-electron chi connectivity index (χ0n) is 17.3. The number of carbonyl (C=O) groups excluding carboxylic acids is 3. The van der Waals surface area contributed by atoms with Crippen molar-refractivity contribution < 1.29 is 38.5 Å². The first-order valence-corrected chi connectivity index (χ1v) is 9.37. The van der Waals surface area contributed by atoms with E-state index in [-0.39, 0.29) is 23.6 Å². The van der Waals surface area contributed by atoms with Gasteiger partial charge in [0.05, 0.1) is 19.8 Å². The van der Waals surface area contributed by atoms with Gasteiger partial charge in [0.1, 0.15) is 18.8 Å². The number of nitrogens with zero attached hydrogens (tertiary/aromatic N) is 1. The Morgan fingerprint density at radius 1 is 1.12 bits per heavy atom. The van der Waals surface area contributed by atoms with Gasteiger partial charge in [-0.1, -0.05) is 24.3 Å². The zero-order chi connectivity index (χ0) is 23.3. The van der Waals surface area contributed by atoms with Gasteiger partial charge in [0, 0.05) is 5.56 Å². The molecule has 0 radical (unpaired) electrons. The van der Waals surface area contributed by atoms with Gasteiger partial charge >= 0.3 is 18.0 Å². The second-order valence-corrected chi connectivity index (χ2v) is 6.63. The van der Waals surface area contributed by atoms with E-state index in [2.05, 4.69) is 10.1 Å². The Bertz CT molecular complexity index is 1110. The van der Waals surface area contributed by atoms with E-state index in [0.29, 0.717) is 16.9 Å². The highest BCUT2D eigenvalue weighted by Crippen LogP contribution is 2.33. The Labute approximate surface area is 183 Å². The minimum absolute atomic E-state index is 0.0342. The topological polar surface area (TPSA) is 131 Å². The number of amides is 3. The maximum Gasteiger partial charge on any atom is 0.335 e. The number of para-hydroxylation sites is 1. The van der Waals surface area contributed by atoms with E-state index in [1.165, 1.54) is 25.3 Å². The van der Waals surface area contributed by atoms with Crippen LogP contribution in [0.2, 0.25) is 0 Å². The quantitative estimate of drug-likeness (QED) is 0.362. The van der Waals surface area contributed by atoms with Crippen LogP contribution in [-0.4, -0.2) is 54.6 Å². The Morgan fingerprint density at radius 3 is 2.56 bits per heavy atom. The van der Waals surface area contributed by atoms with Gasteiger partial charge in [-0.05, 0) is 29.8 Å². The summed E-state index contributed by atoms with van der Waals surface area (Å²) in [7, 11) is 2.61.